The van der Waals surface area contributed by atoms with E-state index in [-0.39, 0.29) is 30.9 Å². The van der Waals surface area contributed by atoms with Crippen LogP contribution in [0, 0.1) is 5.92 Å². The van der Waals surface area contributed by atoms with Crippen molar-refractivity contribution in [2.24, 2.45) is 5.92 Å². The molecule has 2 aromatic rings. The standard InChI is InChI=1S/C27H30N2O5/c30-24(28-18-7-5-6-17(14-18)25(31)32)15-27(12-13-27)29-26(33)34-16-23-21-10-3-1-8-19(21)20-9-2-4-11-22(20)23/h1-4,8-11,17-18,23H,5-7,12-16H2,(H,28,30)(H,29,33)(H,31,32)/t17-,18+/m1/s1. The van der Waals surface area contributed by atoms with Crippen LogP contribution in [0.15, 0.2) is 48.5 Å². The molecule has 2 amide bonds. The van der Waals surface area contributed by atoms with Gasteiger partial charge in [-0.25, -0.2) is 4.79 Å². The molecule has 3 aliphatic carbocycles. The molecule has 0 saturated heterocycles. The Morgan fingerprint density at radius 2 is 1.62 bits per heavy atom. The molecule has 0 radical (unpaired) electrons. The summed E-state index contributed by atoms with van der Waals surface area (Å²) in [6, 6.07) is 16.3. The summed E-state index contributed by atoms with van der Waals surface area (Å²) < 4.78 is 5.64. The molecule has 0 heterocycles. The molecule has 0 spiro atoms. The highest BCUT2D eigenvalue weighted by Crippen LogP contribution is 2.44. The van der Waals surface area contributed by atoms with E-state index in [4.69, 9.17) is 4.74 Å². The fourth-order valence-electron chi connectivity index (χ4n) is 5.48. The maximum Gasteiger partial charge on any atom is 0.407 e. The van der Waals surface area contributed by atoms with Gasteiger partial charge in [0.15, 0.2) is 0 Å². The van der Waals surface area contributed by atoms with Gasteiger partial charge in [-0.05, 0) is 54.4 Å². The van der Waals surface area contributed by atoms with Crippen LogP contribution in [0.25, 0.3) is 11.1 Å². The monoisotopic (exact) mass is 462 g/mol. The third-order valence-electron chi connectivity index (χ3n) is 7.45. The third-order valence-corrected chi connectivity index (χ3v) is 7.45. The molecule has 0 aliphatic heterocycles. The second-order valence-corrected chi connectivity index (χ2v) is 9.87. The number of fused-ring (bicyclic) bond motifs is 3. The van der Waals surface area contributed by atoms with E-state index in [2.05, 4.69) is 34.9 Å². The molecule has 2 atom stereocenters. The second kappa shape index (κ2) is 9.12. The normalized spacial score (nSPS) is 22.2. The molecule has 2 saturated carbocycles. The van der Waals surface area contributed by atoms with Crippen molar-refractivity contribution < 1.29 is 24.2 Å². The number of amides is 2. The van der Waals surface area contributed by atoms with Crippen LogP contribution in [0.1, 0.15) is 62.0 Å². The van der Waals surface area contributed by atoms with E-state index in [1.54, 1.807) is 0 Å². The molecule has 3 N–H and O–H groups in total. The van der Waals surface area contributed by atoms with Gasteiger partial charge >= 0.3 is 12.1 Å². The number of ether oxygens (including phenoxy) is 1. The van der Waals surface area contributed by atoms with Gasteiger partial charge in [-0.1, -0.05) is 55.0 Å². The van der Waals surface area contributed by atoms with Crippen LogP contribution in [-0.2, 0) is 14.3 Å². The first-order valence-electron chi connectivity index (χ1n) is 12.1. The molecule has 7 heteroatoms. The molecule has 0 bridgehead atoms. The van der Waals surface area contributed by atoms with Crippen molar-refractivity contribution in [2.75, 3.05) is 6.61 Å². The Morgan fingerprint density at radius 3 is 2.24 bits per heavy atom. The minimum atomic E-state index is -0.797. The zero-order valence-electron chi connectivity index (χ0n) is 19.1. The topological polar surface area (TPSA) is 105 Å². The van der Waals surface area contributed by atoms with Gasteiger partial charge in [0.25, 0.3) is 0 Å². The Morgan fingerprint density at radius 1 is 0.971 bits per heavy atom. The first-order chi connectivity index (χ1) is 16.4. The van der Waals surface area contributed by atoms with Gasteiger partial charge in [0.2, 0.25) is 5.91 Å². The first-order valence-corrected chi connectivity index (χ1v) is 12.1. The molecule has 5 rings (SSSR count). The molecule has 2 aromatic carbocycles. The van der Waals surface area contributed by atoms with Gasteiger partial charge in [0, 0.05) is 18.4 Å². The van der Waals surface area contributed by atoms with Crippen molar-refractivity contribution in [2.45, 2.75) is 62.4 Å². The molecule has 34 heavy (non-hydrogen) atoms. The summed E-state index contributed by atoms with van der Waals surface area (Å²) in [5.41, 5.74) is 4.10. The molecule has 2 fully saturated rings. The van der Waals surface area contributed by atoms with Crippen LogP contribution >= 0.6 is 0 Å². The number of carbonyl (C=O) groups excluding carboxylic acids is 2. The maximum atomic E-state index is 12.6. The molecular formula is C27H30N2O5. The summed E-state index contributed by atoms with van der Waals surface area (Å²) in [5, 5.41) is 15.1. The lowest BCUT2D eigenvalue weighted by Gasteiger charge is -2.28. The Labute approximate surface area is 198 Å². The molecule has 0 aromatic heterocycles. The number of carboxylic acid groups (broad SMARTS) is 1. The number of carbonyl (C=O) groups is 3. The molecular weight excluding hydrogens is 432 g/mol. The minimum Gasteiger partial charge on any atom is -0.481 e. The Kier molecular flexibility index (Phi) is 6.02. The van der Waals surface area contributed by atoms with E-state index >= 15 is 0 Å². The van der Waals surface area contributed by atoms with Crippen LogP contribution in [0.2, 0.25) is 0 Å². The van der Waals surface area contributed by atoms with Crippen molar-refractivity contribution in [3.05, 3.63) is 59.7 Å². The number of hydrogen-bond acceptors (Lipinski definition) is 4. The van der Waals surface area contributed by atoms with Crippen molar-refractivity contribution in [3.8, 4) is 11.1 Å². The summed E-state index contributed by atoms with van der Waals surface area (Å²) in [5.74, 6) is -1.35. The van der Waals surface area contributed by atoms with E-state index in [1.165, 1.54) is 11.1 Å². The van der Waals surface area contributed by atoms with Crippen LogP contribution in [0.5, 0.6) is 0 Å². The van der Waals surface area contributed by atoms with Crippen molar-refractivity contribution in [1.29, 1.82) is 0 Å². The number of alkyl carbamates (subject to hydrolysis) is 1. The zero-order chi connectivity index (χ0) is 23.7. The van der Waals surface area contributed by atoms with Gasteiger partial charge in [-0.3, -0.25) is 9.59 Å². The number of aliphatic carboxylic acids is 1. The fraction of sp³-hybridized carbons (Fsp3) is 0.444. The second-order valence-electron chi connectivity index (χ2n) is 9.87. The Bertz CT molecular complexity index is 1060. The number of hydrogen-bond donors (Lipinski definition) is 3. The Balaban J connectivity index is 1.14. The molecule has 7 nitrogen and oxygen atoms in total. The van der Waals surface area contributed by atoms with E-state index in [0.717, 1.165) is 36.8 Å². The smallest absolute Gasteiger partial charge is 0.407 e. The lowest BCUT2D eigenvalue weighted by atomic mass is 9.85. The summed E-state index contributed by atoms with van der Waals surface area (Å²) in [6.07, 6.45) is 3.86. The number of nitrogens with one attached hydrogen (secondary N) is 2. The minimum absolute atomic E-state index is 0.00918. The zero-order valence-corrected chi connectivity index (χ0v) is 19.1. The predicted octanol–water partition coefficient (Wildman–Crippen LogP) is 4.21. The van der Waals surface area contributed by atoms with Crippen molar-refractivity contribution >= 4 is 18.0 Å². The average molecular weight is 463 g/mol. The van der Waals surface area contributed by atoms with E-state index < -0.39 is 23.5 Å². The molecule has 3 aliphatic rings. The molecule has 0 unspecified atom stereocenters. The first kappa shape index (κ1) is 22.4. The van der Waals surface area contributed by atoms with Gasteiger partial charge in [0.1, 0.15) is 6.61 Å². The van der Waals surface area contributed by atoms with Crippen LogP contribution < -0.4 is 10.6 Å². The van der Waals surface area contributed by atoms with E-state index in [9.17, 15) is 19.5 Å². The number of carboxylic acids is 1. The SMILES string of the molecule is O=C(CC1(NC(=O)OCC2c3ccccc3-c3ccccc32)CC1)N[C@H]1CCC[C@@H](C(=O)O)C1. The van der Waals surface area contributed by atoms with Gasteiger partial charge in [-0.15, -0.1) is 0 Å². The van der Waals surface area contributed by atoms with Crippen molar-refractivity contribution in [3.63, 3.8) is 0 Å². The quantitative estimate of drug-likeness (QED) is 0.572. The van der Waals surface area contributed by atoms with Crippen LogP contribution in [0.3, 0.4) is 0 Å². The van der Waals surface area contributed by atoms with Gasteiger partial charge in [-0.2, -0.15) is 0 Å². The fourth-order valence-corrected chi connectivity index (χ4v) is 5.48. The summed E-state index contributed by atoms with van der Waals surface area (Å²) in [6.45, 7) is 0.237. The summed E-state index contributed by atoms with van der Waals surface area (Å²) >= 11 is 0. The third kappa shape index (κ3) is 4.65. The van der Waals surface area contributed by atoms with Crippen LogP contribution in [0.4, 0.5) is 4.79 Å². The van der Waals surface area contributed by atoms with Crippen LogP contribution in [-0.4, -0.2) is 41.3 Å². The average Bonchev–Trinajstić information content (AvgIpc) is 3.49. The number of rotatable bonds is 7. The highest BCUT2D eigenvalue weighted by molar-refractivity contribution is 5.81. The molecule has 178 valence electrons. The highest BCUT2D eigenvalue weighted by atomic mass is 16.5. The predicted molar refractivity (Wildman–Crippen MR) is 126 cm³/mol. The van der Waals surface area contributed by atoms with Gasteiger partial charge < -0.3 is 20.5 Å². The summed E-state index contributed by atoms with van der Waals surface area (Å²) in [7, 11) is 0. The highest BCUT2D eigenvalue weighted by Gasteiger charge is 2.46. The summed E-state index contributed by atoms with van der Waals surface area (Å²) in [4.78, 5) is 36.5. The lowest BCUT2D eigenvalue weighted by Crippen LogP contribution is -2.45. The largest absolute Gasteiger partial charge is 0.481 e. The maximum absolute atomic E-state index is 12.6. The van der Waals surface area contributed by atoms with Gasteiger partial charge in [0.05, 0.1) is 11.5 Å². The lowest BCUT2D eigenvalue weighted by molar-refractivity contribution is -0.143. The van der Waals surface area contributed by atoms with Crippen molar-refractivity contribution in [1.82, 2.24) is 10.6 Å². The van der Waals surface area contributed by atoms with E-state index in [0.29, 0.717) is 12.8 Å². The number of benzene rings is 2. The Hall–Kier alpha value is -3.35. The van der Waals surface area contributed by atoms with E-state index in [1.807, 2.05) is 24.3 Å².